The maximum atomic E-state index is 11.7. The topological polar surface area (TPSA) is 209 Å². The van der Waals surface area contributed by atoms with Crippen LogP contribution in [-0.2, 0) is 28.5 Å². The van der Waals surface area contributed by atoms with E-state index in [1.165, 1.54) is 6.33 Å². The van der Waals surface area contributed by atoms with Crippen molar-refractivity contribution >= 4 is 29.4 Å². The first-order valence-electron chi connectivity index (χ1n) is 13.0. The third-order valence-electron chi connectivity index (χ3n) is 5.69. The van der Waals surface area contributed by atoms with Gasteiger partial charge in [-0.1, -0.05) is 27.7 Å². The summed E-state index contributed by atoms with van der Waals surface area (Å²) >= 11 is 0. The Hall–Kier alpha value is -3.96. The van der Waals surface area contributed by atoms with Gasteiger partial charge in [0.15, 0.2) is 5.82 Å². The second-order valence-corrected chi connectivity index (χ2v) is 10.1. The number of hydrogen-bond acceptors (Lipinski definition) is 11. The van der Waals surface area contributed by atoms with Gasteiger partial charge in [-0.3, -0.25) is 9.59 Å². The molecule has 2 aromatic heterocycles. The Morgan fingerprint density at radius 1 is 1.10 bits per heavy atom. The number of carboxylic acid groups (broad SMARTS) is 2. The molecule has 0 aromatic carbocycles. The predicted molar refractivity (Wildman–Crippen MR) is 149 cm³/mol. The maximum Gasteiger partial charge on any atom is 0.508 e. The van der Waals surface area contributed by atoms with Gasteiger partial charge in [0.1, 0.15) is 31.2 Å². The first kappa shape index (κ1) is 37.0. The molecule has 0 aliphatic carbocycles. The lowest BCUT2D eigenvalue weighted by molar-refractivity contribution is -0.142. The molecule has 1 aliphatic heterocycles. The van der Waals surface area contributed by atoms with Crippen LogP contribution in [0.25, 0.3) is 5.52 Å². The highest BCUT2D eigenvalue weighted by molar-refractivity contribution is 5.71. The van der Waals surface area contributed by atoms with Crippen LogP contribution in [0, 0.1) is 17.2 Å². The molecular weight excluding hydrogens is 538 g/mol. The molecule has 0 radical (unpaired) electrons. The van der Waals surface area contributed by atoms with Gasteiger partial charge in [-0.15, -0.1) is 0 Å². The predicted octanol–water partition coefficient (Wildman–Crippen LogP) is 4.24. The van der Waals surface area contributed by atoms with Crippen molar-refractivity contribution in [3.8, 4) is 6.57 Å². The van der Waals surface area contributed by atoms with Crippen LogP contribution in [-0.4, -0.2) is 74.9 Å². The van der Waals surface area contributed by atoms with Crippen molar-refractivity contribution < 1.29 is 43.5 Å². The van der Waals surface area contributed by atoms with E-state index in [4.69, 9.17) is 40.2 Å². The molecule has 0 bridgehead atoms. The fraction of sp³-hybridized carbons (Fsp3) is 0.630. The number of nitrogens with zero attached hydrogens (tertiary/aromatic N) is 4. The lowest BCUT2D eigenvalue weighted by Crippen LogP contribution is -2.31. The summed E-state index contributed by atoms with van der Waals surface area (Å²) in [6.45, 7) is 14.6. The number of anilines is 1. The van der Waals surface area contributed by atoms with Crippen LogP contribution in [0.5, 0.6) is 0 Å². The number of carbonyl (C=O) groups excluding carboxylic acids is 1. The number of nitriles is 1. The summed E-state index contributed by atoms with van der Waals surface area (Å²) in [6, 6.07) is 3.79. The van der Waals surface area contributed by atoms with Gasteiger partial charge in [0.25, 0.3) is 0 Å². The molecule has 2 atom stereocenters. The van der Waals surface area contributed by atoms with Crippen molar-refractivity contribution in [2.75, 3.05) is 26.1 Å². The lowest BCUT2D eigenvalue weighted by Gasteiger charge is -2.22. The maximum absolute atomic E-state index is 11.7. The molecule has 2 aromatic rings. The fourth-order valence-electron chi connectivity index (χ4n) is 3.64. The number of nitrogen functional groups attached to an aromatic ring is 1. The summed E-state index contributed by atoms with van der Waals surface area (Å²) in [4.78, 5) is 36.1. The number of carbonyl (C=O) groups is 3. The average Bonchev–Trinajstić information content (AvgIpc) is 3.55. The molecule has 4 N–H and O–H groups in total. The molecule has 3 rings (SSSR count). The normalized spacial score (nSPS) is 16.1. The standard InChI is InChI=1S/C17H24N4O5.C7H12O4.C2H6.CHN/c1-17(2,23-3)9-25-16(22)24-8-11-4-7-14(26-11)12-5-6-13-15(18)19-10-20-21(12)13;1-7(2,3-5(8)9)4-6(10)11;2*1-2/h5-6,10-11,14H,4,7-9H2,1-3H3,(H2,18,19,20);3-4H2,1-2H3,(H,8,9)(H,10,11);1-2H3;1H. The summed E-state index contributed by atoms with van der Waals surface area (Å²) in [6.07, 6.45) is 1.72. The summed E-state index contributed by atoms with van der Waals surface area (Å²) in [5.74, 6) is -1.50. The fourth-order valence-corrected chi connectivity index (χ4v) is 3.64. The van der Waals surface area contributed by atoms with E-state index in [9.17, 15) is 14.4 Å². The van der Waals surface area contributed by atoms with Crippen LogP contribution in [0.1, 0.15) is 79.0 Å². The molecule has 3 heterocycles. The van der Waals surface area contributed by atoms with Crippen LogP contribution >= 0.6 is 0 Å². The van der Waals surface area contributed by atoms with E-state index in [2.05, 4.69) is 16.7 Å². The van der Waals surface area contributed by atoms with E-state index in [1.807, 2.05) is 39.8 Å². The summed E-state index contributed by atoms with van der Waals surface area (Å²) in [5.41, 5.74) is 6.30. The minimum absolute atomic E-state index is 0.112. The molecule has 0 spiro atoms. The van der Waals surface area contributed by atoms with Crippen molar-refractivity contribution in [1.29, 1.82) is 5.26 Å². The Balaban J connectivity index is 0.000000901. The lowest BCUT2D eigenvalue weighted by atomic mass is 9.86. The summed E-state index contributed by atoms with van der Waals surface area (Å²) < 4.78 is 23.1. The quantitative estimate of drug-likeness (QED) is 0.336. The van der Waals surface area contributed by atoms with Gasteiger partial charge in [0, 0.05) is 13.7 Å². The van der Waals surface area contributed by atoms with Gasteiger partial charge in [0.05, 0.1) is 30.2 Å². The largest absolute Gasteiger partial charge is 0.508 e. The molecule has 41 heavy (non-hydrogen) atoms. The van der Waals surface area contributed by atoms with Crippen LogP contribution < -0.4 is 5.73 Å². The van der Waals surface area contributed by atoms with Crippen molar-refractivity contribution in [3.05, 3.63) is 24.2 Å². The number of rotatable bonds is 10. The number of nitrogens with two attached hydrogens (primary N) is 1. The van der Waals surface area contributed by atoms with Gasteiger partial charge >= 0.3 is 18.1 Å². The highest BCUT2D eigenvalue weighted by atomic mass is 16.7. The summed E-state index contributed by atoms with van der Waals surface area (Å²) in [5, 5.41) is 27.5. The number of aromatic nitrogens is 3. The number of aliphatic carboxylic acids is 2. The van der Waals surface area contributed by atoms with E-state index in [0.717, 1.165) is 24.1 Å². The molecule has 1 aliphatic rings. The number of methoxy groups -OCH3 is 1. The number of hydrogen-bond donors (Lipinski definition) is 3. The monoisotopic (exact) mass is 581 g/mol. The zero-order valence-corrected chi connectivity index (χ0v) is 24.8. The highest BCUT2D eigenvalue weighted by Gasteiger charge is 2.30. The first-order chi connectivity index (χ1) is 19.2. The van der Waals surface area contributed by atoms with Gasteiger partial charge in [-0.25, -0.2) is 19.6 Å². The van der Waals surface area contributed by atoms with Crippen LogP contribution in [0.4, 0.5) is 10.6 Å². The third-order valence-corrected chi connectivity index (χ3v) is 5.69. The van der Waals surface area contributed by atoms with Gasteiger partial charge in [-0.2, -0.15) is 5.10 Å². The Morgan fingerprint density at radius 3 is 2.22 bits per heavy atom. The molecule has 0 saturated carbocycles. The van der Waals surface area contributed by atoms with Gasteiger partial charge in [0.2, 0.25) is 0 Å². The second-order valence-electron chi connectivity index (χ2n) is 10.1. The molecule has 1 fully saturated rings. The molecule has 1 saturated heterocycles. The molecule has 0 amide bonds. The number of carboxylic acids is 2. The Kier molecular flexibility index (Phi) is 16.0. The molecule has 230 valence electrons. The smallest absolute Gasteiger partial charge is 0.481 e. The van der Waals surface area contributed by atoms with Crippen molar-refractivity contribution in [3.63, 3.8) is 0 Å². The second kappa shape index (κ2) is 17.7. The van der Waals surface area contributed by atoms with Crippen LogP contribution in [0.3, 0.4) is 0 Å². The number of fused-ring (bicyclic) bond motifs is 1. The first-order valence-corrected chi connectivity index (χ1v) is 13.0. The zero-order valence-electron chi connectivity index (χ0n) is 24.8. The Labute approximate surface area is 240 Å². The zero-order chi connectivity index (χ0) is 31.8. The Bertz CT molecular complexity index is 1110. The van der Waals surface area contributed by atoms with Crippen molar-refractivity contribution in [1.82, 2.24) is 14.6 Å². The minimum Gasteiger partial charge on any atom is -0.481 e. The van der Waals surface area contributed by atoms with Crippen LogP contribution in [0.2, 0.25) is 0 Å². The average molecular weight is 582 g/mol. The summed E-state index contributed by atoms with van der Waals surface area (Å²) in [7, 11) is 1.56. The van der Waals surface area contributed by atoms with E-state index in [-0.39, 0.29) is 38.3 Å². The highest BCUT2D eigenvalue weighted by Crippen LogP contribution is 2.34. The van der Waals surface area contributed by atoms with Crippen molar-refractivity contribution in [2.24, 2.45) is 5.41 Å². The molecular formula is C27H43N5O9. The number of ether oxygens (including phenoxy) is 4. The van der Waals surface area contributed by atoms with Crippen LogP contribution in [0.15, 0.2) is 18.5 Å². The third kappa shape index (κ3) is 13.3. The Morgan fingerprint density at radius 2 is 1.68 bits per heavy atom. The van der Waals surface area contributed by atoms with Gasteiger partial charge < -0.3 is 34.9 Å². The SMILES string of the molecule is C#N.CC.CC(C)(CC(=O)O)CC(=O)O.COC(C)(C)COC(=O)OCC1CCC(c2ccc3c(N)ncnn23)O1. The van der Waals surface area contributed by atoms with Gasteiger partial charge in [-0.05, 0) is 44.2 Å². The van der Waals surface area contributed by atoms with E-state index < -0.39 is 29.1 Å². The van der Waals surface area contributed by atoms with Crippen molar-refractivity contribution in [2.45, 2.75) is 85.0 Å². The minimum atomic E-state index is -0.962. The molecule has 14 heteroatoms. The van der Waals surface area contributed by atoms with E-state index >= 15 is 0 Å². The van der Waals surface area contributed by atoms with E-state index in [1.54, 1.807) is 25.5 Å². The van der Waals surface area contributed by atoms with E-state index in [0.29, 0.717) is 5.82 Å². The molecule has 2 unspecified atom stereocenters. The molecule has 14 nitrogen and oxygen atoms in total.